The van der Waals surface area contributed by atoms with Crippen molar-refractivity contribution in [1.82, 2.24) is 25.2 Å². The molecule has 1 saturated heterocycles. The van der Waals surface area contributed by atoms with Crippen molar-refractivity contribution < 1.29 is 4.52 Å². The molecule has 0 spiro atoms. The van der Waals surface area contributed by atoms with Gasteiger partial charge in [-0.15, -0.1) is 0 Å². The highest BCUT2D eigenvalue weighted by molar-refractivity contribution is 5.62. The summed E-state index contributed by atoms with van der Waals surface area (Å²) >= 11 is 0. The molecule has 1 fully saturated rings. The third kappa shape index (κ3) is 3.68. The number of anilines is 1. The fourth-order valence-corrected chi connectivity index (χ4v) is 3.44. The first-order valence-corrected chi connectivity index (χ1v) is 9.45. The van der Waals surface area contributed by atoms with E-state index in [-0.39, 0.29) is 5.56 Å². The van der Waals surface area contributed by atoms with Crippen LogP contribution in [0.4, 0.5) is 5.69 Å². The molecular weight excluding hydrogens is 356 g/mol. The van der Waals surface area contributed by atoms with Crippen LogP contribution in [0, 0.1) is 13.8 Å². The van der Waals surface area contributed by atoms with Crippen LogP contribution in [-0.2, 0) is 6.54 Å². The van der Waals surface area contributed by atoms with Gasteiger partial charge >= 0.3 is 0 Å². The molecule has 8 heteroatoms. The molecule has 28 heavy (non-hydrogen) atoms. The van der Waals surface area contributed by atoms with Crippen LogP contribution >= 0.6 is 0 Å². The van der Waals surface area contributed by atoms with Crippen molar-refractivity contribution in [2.24, 2.45) is 0 Å². The molecule has 0 saturated carbocycles. The van der Waals surface area contributed by atoms with Crippen molar-refractivity contribution in [3.63, 3.8) is 0 Å². The van der Waals surface area contributed by atoms with E-state index >= 15 is 0 Å². The Labute approximate surface area is 163 Å². The third-order valence-corrected chi connectivity index (χ3v) is 5.07. The SMILES string of the molecule is Cc1ccc(-c2noc(C)c2Cn2ncc(N3CCN[C@H](C)C3)cc2=O)cn1. The Hall–Kier alpha value is -3.00. The predicted molar refractivity (Wildman–Crippen MR) is 106 cm³/mol. The van der Waals surface area contributed by atoms with Gasteiger partial charge in [-0.3, -0.25) is 9.78 Å². The number of rotatable bonds is 4. The Balaban J connectivity index is 1.61. The number of aromatic nitrogens is 4. The zero-order chi connectivity index (χ0) is 19.7. The molecule has 146 valence electrons. The van der Waals surface area contributed by atoms with Crippen LogP contribution in [0.3, 0.4) is 0 Å². The fourth-order valence-electron chi connectivity index (χ4n) is 3.44. The minimum atomic E-state index is -0.141. The predicted octanol–water partition coefficient (Wildman–Crippen LogP) is 1.76. The van der Waals surface area contributed by atoms with E-state index in [1.807, 2.05) is 26.0 Å². The Morgan fingerprint density at radius 1 is 1.29 bits per heavy atom. The lowest BCUT2D eigenvalue weighted by Gasteiger charge is -2.33. The van der Waals surface area contributed by atoms with Gasteiger partial charge in [0.15, 0.2) is 0 Å². The molecule has 0 aromatic carbocycles. The summed E-state index contributed by atoms with van der Waals surface area (Å²) in [5.41, 5.74) is 4.04. The monoisotopic (exact) mass is 380 g/mol. The van der Waals surface area contributed by atoms with E-state index in [9.17, 15) is 4.79 Å². The Kier molecular flexibility index (Phi) is 4.95. The van der Waals surface area contributed by atoms with Crippen LogP contribution in [0.2, 0.25) is 0 Å². The summed E-state index contributed by atoms with van der Waals surface area (Å²) in [4.78, 5) is 19.2. The number of nitrogens with one attached hydrogen (secondary N) is 1. The molecular formula is C20H24N6O2. The van der Waals surface area contributed by atoms with Gasteiger partial charge in [-0.2, -0.15) is 5.10 Å². The minimum Gasteiger partial charge on any atom is -0.367 e. The first-order valence-electron chi connectivity index (χ1n) is 9.45. The van der Waals surface area contributed by atoms with Crippen molar-refractivity contribution in [2.45, 2.75) is 33.4 Å². The summed E-state index contributed by atoms with van der Waals surface area (Å²) in [5.74, 6) is 0.671. The van der Waals surface area contributed by atoms with Gasteiger partial charge in [0.05, 0.1) is 18.4 Å². The number of piperazine rings is 1. The van der Waals surface area contributed by atoms with Gasteiger partial charge in [-0.1, -0.05) is 5.16 Å². The molecule has 3 aromatic heterocycles. The molecule has 0 bridgehead atoms. The molecule has 1 aliphatic rings. The van der Waals surface area contributed by atoms with E-state index in [0.717, 1.165) is 42.1 Å². The molecule has 1 aliphatic heterocycles. The molecule has 3 aromatic rings. The topological polar surface area (TPSA) is 89.1 Å². The van der Waals surface area contributed by atoms with Crippen LogP contribution in [0.5, 0.6) is 0 Å². The summed E-state index contributed by atoms with van der Waals surface area (Å²) in [6, 6.07) is 5.92. The van der Waals surface area contributed by atoms with Gasteiger partial charge in [0.2, 0.25) is 0 Å². The lowest BCUT2D eigenvalue weighted by molar-refractivity contribution is 0.397. The van der Waals surface area contributed by atoms with E-state index in [2.05, 4.69) is 32.4 Å². The van der Waals surface area contributed by atoms with Crippen molar-refractivity contribution in [3.05, 3.63) is 58.0 Å². The van der Waals surface area contributed by atoms with Crippen LogP contribution in [0.25, 0.3) is 11.3 Å². The van der Waals surface area contributed by atoms with Crippen LogP contribution in [0.1, 0.15) is 23.9 Å². The maximum atomic E-state index is 12.7. The molecule has 0 radical (unpaired) electrons. The molecule has 1 N–H and O–H groups in total. The molecule has 4 heterocycles. The van der Waals surface area contributed by atoms with Crippen LogP contribution in [-0.4, -0.2) is 45.6 Å². The van der Waals surface area contributed by atoms with E-state index in [1.165, 1.54) is 4.68 Å². The lowest BCUT2D eigenvalue weighted by atomic mass is 10.1. The summed E-state index contributed by atoms with van der Waals surface area (Å²) in [6.07, 6.45) is 3.52. The van der Waals surface area contributed by atoms with E-state index in [4.69, 9.17) is 4.52 Å². The molecule has 8 nitrogen and oxygen atoms in total. The number of hydrogen-bond donors (Lipinski definition) is 1. The van der Waals surface area contributed by atoms with Crippen molar-refractivity contribution in [2.75, 3.05) is 24.5 Å². The minimum absolute atomic E-state index is 0.141. The average molecular weight is 380 g/mol. The Morgan fingerprint density at radius 2 is 2.14 bits per heavy atom. The van der Waals surface area contributed by atoms with Gasteiger partial charge in [0.1, 0.15) is 11.5 Å². The molecule has 0 unspecified atom stereocenters. The van der Waals surface area contributed by atoms with Crippen molar-refractivity contribution >= 4 is 5.69 Å². The van der Waals surface area contributed by atoms with Gasteiger partial charge in [0, 0.05) is 54.8 Å². The van der Waals surface area contributed by atoms with Gasteiger partial charge in [0.25, 0.3) is 5.56 Å². The van der Waals surface area contributed by atoms with Gasteiger partial charge in [-0.05, 0) is 32.9 Å². The summed E-state index contributed by atoms with van der Waals surface area (Å²) in [7, 11) is 0. The largest absolute Gasteiger partial charge is 0.367 e. The molecule has 0 aliphatic carbocycles. The number of nitrogens with zero attached hydrogens (tertiary/aromatic N) is 5. The second-order valence-electron chi connectivity index (χ2n) is 7.27. The number of aryl methyl sites for hydroxylation is 2. The molecule has 0 amide bonds. The normalized spacial score (nSPS) is 17.1. The van der Waals surface area contributed by atoms with Gasteiger partial charge < -0.3 is 14.7 Å². The quantitative estimate of drug-likeness (QED) is 0.738. The maximum Gasteiger partial charge on any atom is 0.269 e. The van der Waals surface area contributed by atoms with E-state index in [0.29, 0.717) is 24.0 Å². The summed E-state index contributed by atoms with van der Waals surface area (Å²) in [5, 5.41) is 12.0. The first-order chi connectivity index (χ1) is 13.5. The second kappa shape index (κ2) is 7.55. The molecule has 4 rings (SSSR count). The highest BCUT2D eigenvalue weighted by Gasteiger charge is 2.19. The van der Waals surface area contributed by atoms with E-state index in [1.54, 1.807) is 18.5 Å². The summed E-state index contributed by atoms with van der Waals surface area (Å²) in [6.45, 7) is 8.84. The van der Waals surface area contributed by atoms with E-state index < -0.39 is 0 Å². The molecule has 1 atom stereocenters. The number of hydrogen-bond acceptors (Lipinski definition) is 7. The standard InChI is InChI=1S/C20H24N6O2/c1-13-4-5-16(9-22-13)20-18(15(3)28-24-20)12-26-19(27)8-17(10-23-26)25-7-6-21-14(2)11-25/h4-5,8-10,14,21H,6-7,11-12H2,1-3H3/t14-/m1/s1. The van der Waals surface area contributed by atoms with Crippen molar-refractivity contribution in [3.8, 4) is 11.3 Å². The fraction of sp³-hybridized carbons (Fsp3) is 0.400. The number of pyridine rings is 1. The second-order valence-corrected chi connectivity index (χ2v) is 7.27. The Morgan fingerprint density at radius 3 is 2.86 bits per heavy atom. The zero-order valence-corrected chi connectivity index (χ0v) is 16.3. The highest BCUT2D eigenvalue weighted by Crippen LogP contribution is 2.25. The summed E-state index contributed by atoms with van der Waals surface area (Å²) < 4.78 is 6.83. The van der Waals surface area contributed by atoms with Gasteiger partial charge in [-0.25, -0.2) is 4.68 Å². The highest BCUT2D eigenvalue weighted by atomic mass is 16.5. The lowest BCUT2D eigenvalue weighted by Crippen LogP contribution is -2.49. The van der Waals surface area contributed by atoms with Crippen molar-refractivity contribution in [1.29, 1.82) is 0 Å². The average Bonchev–Trinajstić information content (AvgIpc) is 3.04. The van der Waals surface area contributed by atoms with Crippen LogP contribution < -0.4 is 15.8 Å². The zero-order valence-electron chi connectivity index (χ0n) is 16.3. The smallest absolute Gasteiger partial charge is 0.269 e. The Bertz CT molecular complexity index is 1020. The van der Waals surface area contributed by atoms with Crippen LogP contribution in [0.15, 0.2) is 39.9 Å². The first kappa shape index (κ1) is 18.4. The third-order valence-electron chi connectivity index (χ3n) is 5.07. The maximum absolute atomic E-state index is 12.7.